The van der Waals surface area contributed by atoms with E-state index < -0.39 is 11.7 Å². The van der Waals surface area contributed by atoms with Gasteiger partial charge in [0.2, 0.25) is 0 Å². The molecular formula is C19H10BrF3N2. The van der Waals surface area contributed by atoms with E-state index in [9.17, 15) is 13.2 Å². The van der Waals surface area contributed by atoms with Crippen molar-refractivity contribution in [1.29, 1.82) is 10.5 Å². The number of halogens is 4. The van der Waals surface area contributed by atoms with Crippen molar-refractivity contribution in [2.45, 2.75) is 19.0 Å². The minimum absolute atomic E-state index is 0.128. The Hall–Kier alpha value is -2.75. The summed E-state index contributed by atoms with van der Waals surface area (Å²) in [5.74, 6) is 5.69. The van der Waals surface area contributed by atoms with Gasteiger partial charge in [-0.1, -0.05) is 33.8 Å². The second-order valence-corrected chi connectivity index (χ2v) is 5.95. The van der Waals surface area contributed by atoms with Gasteiger partial charge in [-0.25, -0.2) is 0 Å². The van der Waals surface area contributed by atoms with E-state index in [1.165, 1.54) is 12.1 Å². The highest BCUT2D eigenvalue weighted by atomic mass is 79.9. The van der Waals surface area contributed by atoms with Gasteiger partial charge in [-0.05, 0) is 41.5 Å². The Bertz CT molecular complexity index is 921. The molecule has 2 nitrogen and oxygen atoms in total. The third kappa shape index (κ3) is 4.86. The van der Waals surface area contributed by atoms with Crippen LogP contribution in [-0.2, 0) is 19.0 Å². The molecule has 0 N–H and O–H groups in total. The maximum absolute atomic E-state index is 12.6. The molecule has 0 aliphatic heterocycles. The van der Waals surface area contributed by atoms with Crippen molar-refractivity contribution >= 4 is 15.9 Å². The third-order valence-electron chi connectivity index (χ3n) is 3.36. The van der Waals surface area contributed by atoms with E-state index in [1.54, 1.807) is 12.1 Å². The molecule has 0 aliphatic carbocycles. The van der Waals surface area contributed by atoms with Crippen LogP contribution in [0.4, 0.5) is 13.2 Å². The first kappa shape index (κ1) is 18.6. The molecule has 0 fully saturated rings. The number of hydrogen-bond acceptors (Lipinski definition) is 2. The van der Waals surface area contributed by atoms with E-state index in [4.69, 9.17) is 10.5 Å². The van der Waals surface area contributed by atoms with E-state index in [2.05, 4.69) is 27.8 Å². The van der Waals surface area contributed by atoms with Crippen molar-refractivity contribution in [3.8, 4) is 24.0 Å². The number of nitrogens with zero attached hydrogens (tertiary/aromatic N) is 2. The van der Waals surface area contributed by atoms with Crippen molar-refractivity contribution in [2.24, 2.45) is 0 Å². The quantitative estimate of drug-likeness (QED) is 0.663. The number of benzene rings is 2. The van der Waals surface area contributed by atoms with Crippen LogP contribution in [-0.4, -0.2) is 0 Å². The van der Waals surface area contributed by atoms with Crippen molar-refractivity contribution in [3.63, 3.8) is 0 Å². The molecule has 2 rings (SSSR count). The maximum Gasteiger partial charge on any atom is 0.416 e. The van der Waals surface area contributed by atoms with Gasteiger partial charge in [-0.2, -0.15) is 23.7 Å². The Morgan fingerprint density at radius 1 is 0.880 bits per heavy atom. The van der Waals surface area contributed by atoms with Crippen LogP contribution in [0.15, 0.2) is 40.9 Å². The molecule has 0 amide bonds. The van der Waals surface area contributed by atoms with Crippen molar-refractivity contribution < 1.29 is 13.2 Å². The summed E-state index contributed by atoms with van der Waals surface area (Å²) >= 11 is 3.36. The van der Waals surface area contributed by atoms with Gasteiger partial charge in [0, 0.05) is 15.6 Å². The average molecular weight is 403 g/mol. The van der Waals surface area contributed by atoms with Crippen LogP contribution in [0.25, 0.3) is 0 Å². The second kappa shape index (κ2) is 7.88. The molecule has 0 unspecified atom stereocenters. The fraction of sp³-hybridized carbons (Fsp3) is 0.158. The van der Waals surface area contributed by atoms with Gasteiger partial charge in [0.15, 0.2) is 0 Å². The maximum atomic E-state index is 12.6. The molecule has 2 aromatic rings. The second-order valence-electron chi connectivity index (χ2n) is 5.10. The van der Waals surface area contributed by atoms with Crippen LogP contribution in [0.3, 0.4) is 0 Å². The first-order chi connectivity index (χ1) is 11.8. The molecular weight excluding hydrogens is 393 g/mol. The standard InChI is InChI=1S/C19H10BrF3N2/c20-18-12-14(15(7-9-24)11-16(18)8-10-25)4-1-13-2-5-17(6-3-13)19(21,22)23/h2-3,5-6,11-12H,7-8H2. The average Bonchev–Trinajstić information content (AvgIpc) is 2.56. The van der Waals surface area contributed by atoms with Crippen LogP contribution in [0.5, 0.6) is 0 Å². The van der Waals surface area contributed by atoms with Crippen LogP contribution in [0, 0.1) is 34.5 Å². The highest BCUT2D eigenvalue weighted by molar-refractivity contribution is 9.10. The lowest BCUT2D eigenvalue weighted by Crippen LogP contribution is -2.04. The van der Waals surface area contributed by atoms with Gasteiger partial charge in [-0.15, -0.1) is 0 Å². The minimum Gasteiger partial charge on any atom is -0.198 e. The normalized spacial score (nSPS) is 10.3. The van der Waals surface area contributed by atoms with E-state index >= 15 is 0 Å². The fourth-order valence-electron chi connectivity index (χ4n) is 2.12. The molecule has 25 heavy (non-hydrogen) atoms. The van der Waals surface area contributed by atoms with Gasteiger partial charge in [0.1, 0.15) is 0 Å². The lowest BCUT2D eigenvalue weighted by molar-refractivity contribution is -0.137. The molecule has 0 saturated carbocycles. The molecule has 0 radical (unpaired) electrons. The number of alkyl halides is 3. The zero-order valence-electron chi connectivity index (χ0n) is 12.8. The summed E-state index contributed by atoms with van der Waals surface area (Å²) in [5.41, 5.74) is 1.73. The van der Waals surface area contributed by atoms with Crippen molar-refractivity contribution in [3.05, 3.63) is 68.7 Å². The summed E-state index contributed by atoms with van der Waals surface area (Å²) in [6.45, 7) is 0. The molecule has 0 spiro atoms. The smallest absolute Gasteiger partial charge is 0.198 e. The van der Waals surface area contributed by atoms with Gasteiger partial charge in [0.25, 0.3) is 0 Å². The molecule has 124 valence electrons. The van der Waals surface area contributed by atoms with Gasteiger partial charge in [-0.3, -0.25) is 0 Å². The zero-order valence-corrected chi connectivity index (χ0v) is 14.4. The summed E-state index contributed by atoms with van der Waals surface area (Å²) in [6, 6.07) is 12.1. The molecule has 2 aromatic carbocycles. The first-order valence-electron chi connectivity index (χ1n) is 7.09. The van der Waals surface area contributed by atoms with Gasteiger partial charge < -0.3 is 0 Å². The number of rotatable bonds is 2. The zero-order chi connectivity index (χ0) is 18.4. The first-order valence-corrected chi connectivity index (χ1v) is 7.89. The predicted octanol–water partition coefficient (Wildman–Crippen LogP) is 5.00. The molecule has 6 heteroatoms. The molecule has 0 atom stereocenters. The Morgan fingerprint density at radius 3 is 2.04 bits per heavy atom. The number of nitriles is 2. The number of hydrogen-bond donors (Lipinski definition) is 0. The van der Waals surface area contributed by atoms with Crippen molar-refractivity contribution in [2.75, 3.05) is 0 Å². The summed E-state index contributed by atoms with van der Waals surface area (Å²) in [5, 5.41) is 17.8. The molecule has 0 heterocycles. The van der Waals surface area contributed by atoms with Gasteiger partial charge in [0.05, 0.1) is 30.5 Å². The van der Waals surface area contributed by atoms with Crippen LogP contribution in [0.1, 0.15) is 27.8 Å². The lowest BCUT2D eigenvalue weighted by Gasteiger charge is -2.06. The van der Waals surface area contributed by atoms with E-state index in [-0.39, 0.29) is 12.8 Å². The Labute approximate surface area is 151 Å². The largest absolute Gasteiger partial charge is 0.416 e. The lowest BCUT2D eigenvalue weighted by atomic mass is 10.0. The highest BCUT2D eigenvalue weighted by Crippen LogP contribution is 2.29. The van der Waals surface area contributed by atoms with Crippen LogP contribution < -0.4 is 0 Å². The monoisotopic (exact) mass is 402 g/mol. The predicted molar refractivity (Wildman–Crippen MR) is 90.2 cm³/mol. The van der Waals surface area contributed by atoms with Gasteiger partial charge >= 0.3 is 6.18 Å². The molecule has 0 saturated heterocycles. The fourth-order valence-corrected chi connectivity index (χ4v) is 2.60. The summed E-state index contributed by atoms with van der Waals surface area (Å²) in [4.78, 5) is 0. The Balaban J connectivity index is 2.38. The van der Waals surface area contributed by atoms with E-state index in [0.717, 1.165) is 17.7 Å². The molecule has 0 aliphatic rings. The Morgan fingerprint density at radius 2 is 1.48 bits per heavy atom. The third-order valence-corrected chi connectivity index (χ3v) is 4.10. The van der Waals surface area contributed by atoms with Crippen LogP contribution in [0.2, 0.25) is 0 Å². The summed E-state index contributed by atoms with van der Waals surface area (Å²) in [6.07, 6.45) is -4.05. The SMILES string of the molecule is N#CCc1cc(CC#N)c(C#Cc2ccc(C(F)(F)F)cc2)cc1Br. The molecule has 0 aromatic heterocycles. The minimum atomic E-state index is -4.38. The van der Waals surface area contributed by atoms with E-state index in [1.807, 2.05) is 12.1 Å². The summed E-state index contributed by atoms with van der Waals surface area (Å²) in [7, 11) is 0. The van der Waals surface area contributed by atoms with Crippen molar-refractivity contribution in [1.82, 2.24) is 0 Å². The topological polar surface area (TPSA) is 47.6 Å². The molecule has 0 bridgehead atoms. The Kier molecular flexibility index (Phi) is 5.86. The highest BCUT2D eigenvalue weighted by Gasteiger charge is 2.29. The van der Waals surface area contributed by atoms with E-state index in [0.29, 0.717) is 21.2 Å². The van der Waals surface area contributed by atoms with Crippen LogP contribution >= 0.6 is 15.9 Å². The summed E-state index contributed by atoms with van der Waals surface area (Å²) < 4.78 is 38.4.